The minimum Gasteiger partial charge on any atom is -0.381 e. The quantitative estimate of drug-likeness (QED) is 0.665. The number of rotatable bonds is 3. The molecule has 1 fully saturated rings. The maximum atomic E-state index is 11.5. The molecule has 0 aromatic carbocycles. The average molecular weight is 214 g/mol. The number of nitrogens with one attached hydrogen (secondary N) is 1. The van der Waals surface area contributed by atoms with Crippen LogP contribution in [0.4, 0.5) is 0 Å². The zero-order valence-electron chi connectivity index (χ0n) is 9.25. The molecule has 0 atom stereocenters. The first-order valence-electron chi connectivity index (χ1n) is 5.20. The Balaban J connectivity index is 2.30. The maximum Gasteiger partial charge on any atom is 0.251 e. The summed E-state index contributed by atoms with van der Waals surface area (Å²) in [5, 5.41) is 11.7. The highest BCUT2D eigenvalue weighted by Gasteiger charge is 2.25. The van der Waals surface area contributed by atoms with Crippen LogP contribution in [-0.4, -0.2) is 47.1 Å². The van der Waals surface area contributed by atoms with E-state index in [1.807, 2.05) is 0 Å². The van der Waals surface area contributed by atoms with Crippen LogP contribution < -0.4 is 5.32 Å². The van der Waals surface area contributed by atoms with Crippen LogP contribution in [0.1, 0.15) is 26.7 Å². The van der Waals surface area contributed by atoms with E-state index in [-0.39, 0.29) is 12.5 Å². The van der Waals surface area contributed by atoms with Crippen LogP contribution in [0.15, 0.2) is 0 Å². The Bertz CT molecular complexity index is 252. The lowest BCUT2D eigenvalue weighted by atomic mass is 10.1. The second kappa shape index (κ2) is 4.61. The largest absolute Gasteiger partial charge is 0.381 e. The van der Waals surface area contributed by atoms with Crippen molar-refractivity contribution in [3.05, 3.63) is 0 Å². The van der Waals surface area contributed by atoms with Gasteiger partial charge in [0, 0.05) is 13.1 Å². The number of carbonyl (C=O) groups excluding carboxylic acids is 2. The second-order valence-corrected chi connectivity index (χ2v) is 4.33. The van der Waals surface area contributed by atoms with Gasteiger partial charge in [0.2, 0.25) is 5.91 Å². The van der Waals surface area contributed by atoms with E-state index < -0.39 is 11.5 Å². The van der Waals surface area contributed by atoms with Crippen molar-refractivity contribution in [3.63, 3.8) is 0 Å². The molecule has 0 aromatic rings. The molecule has 15 heavy (non-hydrogen) atoms. The molecule has 0 aliphatic carbocycles. The molecule has 0 saturated carbocycles. The Morgan fingerprint density at radius 2 is 1.87 bits per heavy atom. The molecule has 1 aliphatic rings. The molecule has 1 heterocycles. The van der Waals surface area contributed by atoms with Gasteiger partial charge in [-0.05, 0) is 26.7 Å². The third-order valence-corrected chi connectivity index (χ3v) is 2.41. The summed E-state index contributed by atoms with van der Waals surface area (Å²) in [5.74, 6) is -0.597. The van der Waals surface area contributed by atoms with Crippen LogP contribution in [0.2, 0.25) is 0 Å². The van der Waals surface area contributed by atoms with Crippen molar-refractivity contribution >= 4 is 11.8 Å². The topological polar surface area (TPSA) is 69.6 Å². The molecule has 1 saturated heterocycles. The highest BCUT2D eigenvalue weighted by Crippen LogP contribution is 2.07. The SMILES string of the molecule is CC(C)(O)C(=O)NCC(=O)N1CCCC1. The van der Waals surface area contributed by atoms with Gasteiger partial charge in [0.05, 0.1) is 6.54 Å². The van der Waals surface area contributed by atoms with E-state index in [9.17, 15) is 14.7 Å². The summed E-state index contributed by atoms with van der Waals surface area (Å²) in [6.07, 6.45) is 2.07. The lowest BCUT2D eigenvalue weighted by Gasteiger charge is -2.19. The summed E-state index contributed by atoms with van der Waals surface area (Å²) < 4.78 is 0. The van der Waals surface area contributed by atoms with Crippen LogP contribution >= 0.6 is 0 Å². The Hall–Kier alpha value is -1.10. The average Bonchev–Trinajstić information content (AvgIpc) is 2.64. The smallest absolute Gasteiger partial charge is 0.251 e. The summed E-state index contributed by atoms with van der Waals surface area (Å²) in [7, 11) is 0. The summed E-state index contributed by atoms with van der Waals surface area (Å²) in [5.41, 5.74) is -1.43. The molecule has 5 nitrogen and oxygen atoms in total. The van der Waals surface area contributed by atoms with Crippen molar-refractivity contribution in [1.29, 1.82) is 0 Å². The fourth-order valence-corrected chi connectivity index (χ4v) is 1.45. The van der Waals surface area contributed by atoms with Gasteiger partial charge >= 0.3 is 0 Å². The minimum absolute atomic E-state index is 0.0250. The second-order valence-electron chi connectivity index (χ2n) is 4.33. The van der Waals surface area contributed by atoms with Crippen molar-refractivity contribution in [1.82, 2.24) is 10.2 Å². The maximum absolute atomic E-state index is 11.5. The van der Waals surface area contributed by atoms with Gasteiger partial charge in [0.1, 0.15) is 5.60 Å². The fraction of sp³-hybridized carbons (Fsp3) is 0.800. The van der Waals surface area contributed by atoms with Crippen LogP contribution in [0, 0.1) is 0 Å². The van der Waals surface area contributed by atoms with Gasteiger partial charge in [-0.25, -0.2) is 0 Å². The van der Waals surface area contributed by atoms with Gasteiger partial charge in [-0.2, -0.15) is 0 Å². The van der Waals surface area contributed by atoms with E-state index in [2.05, 4.69) is 5.32 Å². The summed E-state index contributed by atoms with van der Waals surface area (Å²) in [6.45, 7) is 4.31. The standard InChI is InChI=1S/C10H18N2O3/c1-10(2,15)9(14)11-7-8(13)12-5-3-4-6-12/h15H,3-7H2,1-2H3,(H,11,14). The number of carbonyl (C=O) groups is 2. The van der Waals surface area contributed by atoms with Crippen LogP contribution in [0.3, 0.4) is 0 Å². The number of hydrogen-bond donors (Lipinski definition) is 2. The zero-order valence-corrected chi connectivity index (χ0v) is 9.25. The van der Waals surface area contributed by atoms with Crippen molar-refractivity contribution in [3.8, 4) is 0 Å². The monoisotopic (exact) mass is 214 g/mol. The Labute approximate surface area is 89.4 Å². The lowest BCUT2D eigenvalue weighted by Crippen LogP contribution is -2.46. The number of hydrogen-bond acceptors (Lipinski definition) is 3. The molecule has 0 spiro atoms. The number of nitrogens with zero attached hydrogens (tertiary/aromatic N) is 1. The third-order valence-electron chi connectivity index (χ3n) is 2.41. The first-order chi connectivity index (χ1) is 6.91. The molecular formula is C10H18N2O3. The summed E-state index contributed by atoms with van der Waals surface area (Å²) >= 11 is 0. The zero-order chi connectivity index (χ0) is 11.5. The normalized spacial score (nSPS) is 16.6. The fourth-order valence-electron chi connectivity index (χ4n) is 1.45. The van der Waals surface area contributed by atoms with Gasteiger partial charge in [0.25, 0.3) is 5.91 Å². The molecule has 2 N–H and O–H groups in total. The van der Waals surface area contributed by atoms with Crippen molar-refractivity contribution < 1.29 is 14.7 Å². The van der Waals surface area contributed by atoms with Crippen LogP contribution in [0.5, 0.6) is 0 Å². The molecule has 86 valence electrons. The number of amides is 2. The van der Waals surface area contributed by atoms with Gasteiger partial charge in [-0.3, -0.25) is 9.59 Å². The molecular weight excluding hydrogens is 196 g/mol. The van der Waals surface area contributed by atoms with E-state index >= 15 is 0 Å². The van der Waals surface area contributed by atoms with Crippen molar-refractivity contribution in [2.75, 3.05) is 19.6 Å². The van der Waals surface area contributed by atoms with E-state index in [0.717, 1.165) is 25.9 Å². The molecule has 1 rings (SSSR count). The minimum atomic E-state index is -1.43. The number of aliphatic hydroxyl groups is 1. The van der Waals surface area contributed by atoms with Crippen LogP contribution in [0.25, 0.3) is 0 Å². The highest BCUT2D eigenvalue weighted by molar-refractivity contribution is 5.88. The Morgan fingerprint density at radius 3 is 2.33 bits per heavy atom. The van der Waals surface area contributed by atoms with E-state index in [4.69, 9.17) is 0 Å². The lowest BCUT2D eigenvalue weighted by molar-refractivity contribution is -0.139. The molecule has 1 aliphatic heterocycles. The van der Waals surface area contributed by atoms with E-state index in [1.165, 1.54) is 13.8 Å². The van der Waals surface area contributed by atoms with Gasteiger partial charge in [-0.15, -0.1) is 0 Å². The molecule has 0 bridgehead atoms. The summed E-state index contributed by atoms with van der Waals surface area (Å²) in [4.78, 5) is 24.5. The summed E-state index contributed by atoms with van der Waals surface area (Å²) in [6, 6.07) is 0. The molecule has 2 amide bonds. The predicted octanol–water partition coefficient (Wildman–Crippen LogP) is -0.504. The predicted molar refractivity (Wildman–Crippen MR) is 55.1 cm³/mol. The van der Waals surface area contributed by atoms with Crippen LogP contribution in [-0.2, 0) is 9.59 Å². The van der Waals surface area contributed by atoms with E-state index in [0.29, 0.717) is 0 Å². The first-order valence-corrected chi connectivity index (χ1v) is 5.20. The molecule has 0 aromatic heterocycles. The molecule has 0 unspecified atom stereocenters. The van der Waals surface area contributed by atoms with Crippen molar-refractivity contribution in [2.45, 2.75) is 32.3 Å². The van der Waals surface area contributed by atoms with Crippen molar-refractivity contribution in [2.24, 2.45) is 0 Å². The Kier molecular flexibility index (Phi) is 3.68. The van der Waals surface area contributed by atoms with E-state index in [1.54, 1.807) is 4.90 Å². The van der Waals surface area contributed by atoms with Gasteiger partial charge in [-0.1, -0.05) is 0 Å². The first kappa shape index (κ1) is 12.0. The third kappa shape index (κ3) is 3.51. The molecule has 0 radical (unpaired) electrons. The highest BCUT2D eigenvalue weighted by atomic mass is 16.3. The Morgan fingerprint density at radius 1 is 1.33 bits per heavy atom. The number of likely N-dealkylation sites (tertiary alicyclic amines) is 1. The molecule has 5 heteroatoms. The van der Waals surface area contributed by atoms with Gasteiger partial charge in [0.15, 0.2) is 0 Å². The van der Waals surface area contributed by atoms with Gasteiger partial charge < -0.3 is 15.3 Å².